The lowest BCUT2D eigenvalue weighted by Crippen LogP contribution is -2.42. The third kappa shape index (κ3) is 6.41. The van der Waals surface area contributed by atoms with Crippen molar-refractivity contribution < 1.29 is 32.5 Å². The van der Waals surface area contributed by atoms with E-state index in [1.165, 1.54) is 12.8 Å². The zero-order valence-corrected chi connectivity index (χ0v) is 14.3. The summed E-state index contributed by atoms with van der Waals surface area (Å²) in [6.45, 7) is 3.18. The first kappa shape index (κ1) is 20.4. The highest BCUT2D eigenvalue weighted by molar-refractivity contribution is 5.73. The monoisotopic (exact) mass is 377 g/mol. The number of aromatic nitrogens is 2. The van der Waals surface area contributed by atoms with Gasteiger partial charge in [-0.2, -0.15) is 13.2 Å². The number of carboxylic acid groups (broad SMARTS) is 1. The van der Waals surface area contributed by atoms with E-state index < -0.39 is 12.1 Å². The molecule has 2 fully saturated rings. The fraction of sp³-hybridized carbons (Fsp3) is 0.688. The van der Waals surface area contributed by atoms with Crippen LogP contribution in [0.4, 0.5) is 13.2 Å². The van der Waals surface area contributed by atoms with Crippen molar-refractivity contribution in [3.8, 4) is 5.88 Å². The van der Waals surface area contributed by atoms with Crippen molar-refractivity contribution in [1.29, 1.82) is 0 Å². The Labute approximate surface area is 148 Å². The molecule has 1 aromatic rings. The van der Waals surface area contributed by atoms with Gasteiger partial charge >= 0.3 is 12.1 Å². The Morgan fingerprint density at radius 3 is 2.35 bits per heavy atom. The molecule has 0 radical (unpaired) electrons. The molecule has 10 heteroatoms. The molecular weight excluding hydrogens is 355 g/mol. The maximum Gasteiger partial charge on any atom is 0.490 e. The van der Waals surface area contributed by atoms with E-state index in [9.17, 15) is 13.2 Å². The zero-order valence-electron chi connectivity index (χ0n) is 14.3. The number of piperidine rings is 1. The minimum absolute atomic E-state index is 0.283. The molecule has 0 amide bonds. The Kier molecular flexibility index (Phi) is 7.15. The number of fused-ring (bicyclic) bond motifs is 2. The van der Waals surface area contributed by atoms with Gasteiger partial charge < -0.3 is 19.9 Å². The van der Waals surface area contributed by atoms with Crippen LogP contribution in [0.1, 0.15) is 38.3 Å². The fourth-order valence-electron chi connectivity index (χ4n) is 2.96. The van der Waals surface area contributed by atoms with Crippen LogP contribution in [0.25, 0.3) is 0 Å². The van der Waals surface area contributed by atoms with Crippen molar-refractivity contribution >= 4 is 5.97 Å². The number of nitrogens with one attached hydrogen (secondary N) is 1. The highest BCUT2D eigenvalue weighted by Gasteiger charge is 2.38. The first-order chi connectivity index (χ1) is 12.3. The summed E-state index contributed by atoms with van der Waals surface area (Å²) in [5, 5.41) is 10.7. The third-order valence-corrected chi connectivity index (χ3v) is 4.10. The number of alkyl halides is 3. The van der Waals surface area contributed by atoms with Gasteiger partial charge in [-0.25, -0.2) is 9.78 Å². The van der Waals surface area contributed by atoms with Gasteiger partial charge in [0, 0.05) is 18.7 Å². The van der Waals surface area contributed by atoms with Gasteiger partial charge in [-0.3, -0.25) is 4.98 Å². The predicted octanol–water partition coefficient (Wildman–Crippen LogP) is 2.31. The Balaban J connectivity index is 0.000000298. The topological polar surface area (TPSA) is 93.6 Å². The number of hydrogen-bond donors (Lipinski definition) is 2. The summed E-state index contributed by atoms with van der Waals surface area (Å²) in [7, 11) is 0. The number of halogens is 3. The Morgan fingerprint density at radius 2 is 1.88 bits per heavy atom. The van der Waals surface area contributed by atoms with Crippen LogP contribution in [0, 0.1) is 0 Å². The molecule has 0 spiro atoms. The van der Waals surface area contributed by atoms with Crippen LogP contribution in [0.3, 0.4) is 0 Å². The first-order valence-corrected chi connectivity index (χ1v) is 8.39. The minimum Gasteiger partial charge on any atom is -0.475 e. The quantitative estimate of drug-likeness (QED) is 0.813. The molecule has 1 unspecified atom stereocenters. The number of carbonyl (C=O) groups is 1. The molecule has 3 atom stereocenters. The van der Waals surface area contributed by atoms with E-state index >= 15 is 0 Å². The summed E-state index contributed by atoms with van der Waals surface area (Å²) in [4.78, 5) is 17.5. The van der Waals surface area contributed by atoms with Crippen LogP contribution in [-0.4, -0.2) is 52.0 Å². The lowest BCUT2D eigenvalue weighted by atomic mass is 10.0. The Hall–Kier alpha value is -1.94. The van der Waals surface area contributed by atoms with Crippen molar-refractivity contribution in [1.82, 2.24) is 15.3 Å². The largest absolute Gasteiger partial charge is 0.490 e. The van der Waals surface area contributed by atoms with E-state index in [1.807, 2.05) is 6.92 Å². The van der Waals surface area contributed by atoms with Crippen LogP contribution in [0.5, 0.6) is 5.88 Å². The third-order valence-electron chi connectivity index (χ3n) is 4.10. The summed E-state index contributed by atoms with van der Waals surface area (Å²) in [5.74, 6) is -2.13. The Morgan fingerprint density at radius 1 is 1.27 bits per heavy atom. The molecule has 26 heavy (non-hydrogen) atoms. The first-order valence-electron chi connectivity index (χ1n) is 8.39. The Bertz CT molecular complexity index is 571. The van der Waals surface area contributed by atoms with Gasteiger partial charge in [0.1, 0.15) is 6.10 Å². The van der Waals surface area contributed by atoms with Crippen LogP contribution < -0.4 is 10.1 Å². The number of rotatable bonds is 5. The molecule has 0 saturated carbocycles. The van der Waals surface area contributed by atoms with Gasteiger partial charge in [0.25, 0.3) is 0 Å². The number of ether oxygens (including phenoxy) is 2. The van der Waals surface area contributed by atoms with Crippen molar-refractivity contribution in [2.45, 2.75) is 63.6 Å². The van der Waals surface area contributed by atoms with E-state index in [2.05, 4.69) is 15.3 Å². The van der Waals surface area contributed by atoms with E-state index in [0.717, 1.165) is 18.5 Å². The maximum absolute atomic E-state index is 10.6. The van der Waals surface area contributed by atoms with Crippen LogP contribution in [-0.2, 0) is 16.1 Å². The highest BCUT2D eigenvalue weighted by Crippen LogP contribution is 2.28. The number of hydrogen-bond acceptors (Lipinski definition) is 6. The van der Waals surface area contributed by atoms with Gasteiger partial charge in [0.2, 0.25) is 5.88 Å². The maximum atomic E-state index is 10.6. The predicted molar refractivity (Wildman–Crippen MR) is 84.6 cm³/mol. The molecule has 0 aliphatic carbocycles. The molecule has 2 aliphatic rings. The van der Waals surface area contributed by atoms with E-state index in [0.29, 0.717) is 31.2 Å². The molecule has 7 nitrogen and oxygen atoms in total. The van der Waals surface area contributed by atoms with Crippen LogP contribution in [0.15, 0.2) is 12.4 Å². The lowest BCUT2D eigenvalue weighted by Gasteiger charge is -2.28. The van der Waals surface area contributed by atoms with E-state index in [4.69, 9.17) is 19.4 Å². The highest BCUT2D eigenvalue weighted by atomic mass is 19.4. The van der Waals surface area contributed by atoms with Gasteiger partial charge in [0.05, 0.1) is 24.7 Å². The van der Waals surface area contributed by atoms with Crippen LogP contribution in [0.2, 0.25) is 0 Å². The summed E-state index contributed by atoms with van der Waals surface area (Å²) in [6, 6.07) is 1.27. The fourth-order valence-corrected chi connectivity index (χ4v) is 2.96. The smallest absolute Gasteiger partial charge is 0.475 e. The van der Waals surface area contributed by atoms with Crippen LogP contribution >= 0.6 is 0 Å². The van der Waals surface area contributed by atoms with Crippen molar-refractivity contribution in [3.63, 3.8) is 0 Å². The average Bonchev–Trinajstić information content (AvgIpc) is 2.92. The summed E-state index contributed by atoms with van der Waals surface area (Å²) in [5.41, 5.74) is 0.847. The van der Waals surface area contributed by atoms with Crippen molar-refractivity contribution in [3.05, 3.63) is 18.1 Å². The molecule has 2 bridgehead atoms. The summed E-state index contributed by atoms with van der Waals surface area (Å²) < 4.78 is 43.0. The van der Waals surface area contributed by atoms with E-state index in [-0.39, 0.29) is 6.10 Å². The lowest BCUT2D eigenvalue weighted by molar-refractivity contribution is -0.192. The van der Waals surface area contributed by atoms with Gasteiger partial charge in [0.15, 0.2) is 0 Å². The molecule has 3 heterocycles. The SMILES string of the molecule is CCOCc1cnc(OC2C[C@H]3CC[C@@H](C2)N3)cn1.O=C(O)C(F)(F)F. The van der Waals surface area contributed by atoms with Gasteiger partial charge in [-0.1, -0.05) is 0 Å². The van der Waals surface area contributed by atoms with Gasteiger partial charge in [-0.15, -0.1) is 0 Å². The van der Waals surface area contributed by atoms with Gasteiger partial charge in [-0.05, 0) is 32.6 Å². The molecule has 1 aromatic heterocycles. The number of nitrogens with zero attached hydrogens (tertiary/aromatic N) is 2. The summed E-state index contributed by atoms with van der Waals surface area (Å²) in [6.07, 6.45) is 3.37. The normalized spacial score (nSPS) is 24.5. The molecule has 2 saturated heterocycles. The van der Waals surface area contributed by atoms with Crippen molar-refractivity contribution in [2.75, 3.05) is 6.61 Å². The standard InChI is InChI=1S/C14H21N3O2.C2HF3O2/c1-2-18-9-12-7-16-14(8-15-12)19-13-5-10-3-4-11(6-13)17-10;3-2(4,5)1(6)7/h7-8,10-11,13,17H,2-6,9H2,1H3;(H,6,7)/t10-,11+,13?;. The molecular formula is C16H22F3N3O4. The number of aliphatic carboxylic acids is 1. The minimum atomic E-state index is -5.08. The average molecular weight is 377 g/mol. The van der Waals surface area contributed by atoms with E-state index in [1.54, 1.807) is 12.4 Å². The molecule has 2 N–H and O–H groups in total. The second-order valence-electron chi connectivity index (χ2n) is 6.14. The molecule has 3 rings (SSSR count). The molecule has 0 aromatic carbocycles. The second-order valence-corrected chi connectivity index (χ2v) is 6.14. The van der Waals surface area contributed by atoms with Crippen molar-refractivity contribution in [2.24, 2.45) is 0 Å². The zero-order chi connectivity index (χ0) is 19.2. The second kappa shape index (κ2) is 9.13. The molecule has 2 aliphatic heterocycles. The summed E-state index contributed by atoms with van der Waals surface area (Å²) >= 11 is 0. The number of carboxylic acids is 1. The molecule has 146 valence electrons.